The highest BCUT2D eigenvalue weighted by molar-refractivity contribution is 5.49. The number of aliphatic hydroxyl groups excluding tert-OH is 1. The van der Waals surface area contributed by atoms with E-state index in [1.165, 1.54) is 0 Å². The minimum absolute atomic E-state index is 0.176. The van der Waals surface area contributed by atoms with E-state index in [9.17, 15) is 5.11 Å². The molecule has 0 aliphatic carbocycles. The molecule has 2 N–H and O–H groups in total. The van der Waals surface area contributed by atoms with Gasteiger partial charge in [0.25, 0.3) is 0 Å². The lowest BCUT2D eigenvalue weighted by molar-refractivity contribution is 0.145. The molecule has 106 valence electrons. The van der Waals surface area contributed by atoms with Gasteiger partial charge in [-0.05, 0) is 19.8 Å². The molecule has 2 heterocycles. The van der Waals surface area contributed by atoms with Gasteiger partial charge in [-0.2, -0.15) is 0 Å². The van der Waals surface area contributed by atoms with E-state index in [0.29, 0.717) is 12.4 Å². The summed E-state index contributed by atoms with van der Waals surface area (Å²) in [5, 5.41) is 12.8. The maximum absolute atomic E-state index is 9.56. The Hall–Kier alpha value is -1.40. The third-order valence-electron chi connectivity index (χ3n) is 3.18. The zero-order valence-corrected chi connectivity index (χ0v) is 11.6. The molecule has 1 fully saturated rings. The number of methoxy groups -OCH3 is 1. The molecule has 1 aromatic heterocycles. The summed E-state index contributed by atoms with van der Waals surface area (Å²) in [5.74, 6) is 2.41. The van der Waals surface area contributed by atoms with Gasteiger partial charge in [0.1, 0.15) is 18.2 Å². The molecule has 6 nitrogen and oxygen atoms in total. The van der Waals surface area contributed by atoms with Gasteiger partial charge in [0.2, 0.25) is 0 Å². The molecule has 0 aromatic carbocycles. The van der Waals surface area contributed by atoms with Crippen molar-refractivity contribution in [2.24, 2.45) is 0 Å². The lowest BCUT2D eigenvalue weighted by atomic mass is 10.1. The second-order valence-corrected chi connectivity index (χ2v) is 4.71. The number of aliphatic hydroxyl groups is 1. The van der Waals surface area contributed by atoms with E-state index in [4.69, 9.17) is 4.74 Å². The summed E-state index contributed by atoms with van der Waals surface area (Å²) < 4.78 is 5.11. The summed E-state index contributed by atoms with van der Waals surface area (Å²) >= 11 is 0. The molecule has 1 saturated heterocycles. The molecule has 1 aliphatic heterocycles. The van der Waals surface area contributed by atoms with Crippen molar-refractivity contribution >= 4 is 11.6 Å². The van der Waals surface area contributed by atoms with Crippen molar-refractivity contribution < 1.29 is 9.84 Å². The van der Waals surface area contributed by atoms with Crippen molar-refractivity contribution in [1.29, 1.82) is 0 Å². The summed E-state index contributed by atoms with van der Waals surface area (Å²) in [5.41, 5.74) is 0. The Bertz CT molecular complexity index is 381. The van der Waals surface area contributed by atoms with Gasteiger partial charge in [0.05, 0.1) is 6.10 Å². The number of hydrogen-bond acceptors (Lipinski definition) is 6. The Morgan fingerprint density at radius 1 is 1.42 bits per heavy atom. The van der Waals surface area contributed by atoms with Gasteiger partial charge >= 0.3 is 0 Å². The standard InChI is InChI=1S/C13H22N4O2/c1-3-14-11-8-13(16-12(15-11)9-19-2)17-6-4-10(18)5-7-17/h8,10,18H,3-7,9H2,1-2H3,(H,14,15,16). The molecular weight excluding hydrogens is 244 g/mol. The highest BCUT2D eigenvalue weighted by Gasteiger charge is 2.19. The average molecular weight is 266 g/mol. The largest absolute Gasteiger partial charge is 0.393 e. The van der Waals surface area contributed by atoms with Crippen molar-refractivity contribution in [2.75, 3.05) is 37.0 Å². The van der Waals surface area contributed by atoms with Gasteiger partial charge in [-0.1, -0.05) is 0 Å². The minimum Gasteiger partial charge on any atom is -0.393 e. The maximum Gasteiger partial charge on any atom is 0.158 e. The van der Waals surface area contributed by atoms with Crippen LogP contribution in [0.4, 0.5) is 11.6 Å². The Balaban J connectivity index is 2.17. The summed E-state index contributed by atoms with van der Waals surface area (Å²) in [6.45, 7) is 4.92. The van der Waals surface area contributed by atoms with E-state index in [0.717, 1.165) is 44.1 Å². The molecule has 1 aromatic rings. The quantitative estimate of drug-likeness (QED) is 0.829. The van der Waals surface area contributed by atoms with Crippen molar-refractivity contribution in [3.8, 4) is 0 Å². The molecule has 0 radical (unpaired) electrons. The Labute approximate surface area is 113 Å². The Morgan fingerprint density at radius 3 is 2.79 bits per heavy atom. The first-order valence-corrected chi connectivity index (χ1v) is 6.76. The lowest BCUT2D eigenvalue weighted by Gasteiger charge is -2.30. The smallest absolute Gasteiger partial charge is 0.158 e. The van der Waals surface area contributed by atoms with Crippen LogP contribution in [-0.2, 0) is 11.3 Å². The summed E-state index contributed by atoms with van der Waals surface area (Å²) in [4.78, 5) is 11.1. The number of nitrogens with zero attached hydrogens (tertiary/aromatic N) is 3. The zero-order chi connectivity index (χ0) is 13.7. The summed E-state index contributed by atoms with van der Waals surface area (Å²) in [6.07, 6.45) is 1.41. The second kappa shape index (κ2) is 6.68. The van der Waals surface area contributed by atoms with E-state index in [1.807, 2.05) is 13.0 Å². The number of anilines is 2. The SMILES string of the molecule is CCNc1cc(N2CCC(O)CC2)nc(COC)n1. The van der Waals surface area contributed by atoms with Gasteiger partial charge in [-0.25, -0.2) is 9.97 Å². The number of ether oxygens (including phenoxy) is 1. The molecule has 0 spiro atoms. The Morgan fingerprint density at radius 2 is 2.16 bits per heavy atom. The van der Waals surface area contributed by atoms with E-state index >= 15 is 0 Å². The molecule has 0 amide bonds. The van der Waals surface area contributed by atoms with Crippen LogP contribution in [0.15, 0.2) is 6.07 Å². The number of nitrogens with one attached hydrogen (secondary N) is 1. The van der Waals surface area contributed by atoms with Crippen LogP contribution in [0.3, 0.4) is 0 Å². The van der Waals surface area contributed by atoms with Crippen LogP contribution in [0.2, 0.25) is 0 Å². The molecule has 19 heavy (non-hydrogen) atoms. The van der Waals surface area contributed by atoms with E-state index in [1.54, 1.807) is 7.11 Å². The van der Waals surface area contributed by atoms with Crippen molar-refractivity contribution in [3.05, 3.63) is 11.9 Å². The molecule has 0 bridgehead atoms. The first-order chi connectivity index (χ1) is 9.22. The van der Waals surface area contributed by atoms with Crippen molar-refractivity contribution in [2.45, 2.75) is 32.5 Å². The number of rotatable bonds is 5. The van der Waals surface area contributed by atoms with Gasteiger partial charge < -0.3 is 20.1 Å². The molecule has 1 aliphatic rings. The zero-order valence-electron chi connectivity index (χ0n) is 11.6. The molecule has 0 saturated carbocycles. The number of aromatic nitrogens is 2. The van der Waals surface area contributed by atoms with Gasteiger partial charge in [-0.15, -0.1) is 0 Å². The average Bonchev–Trinajstić information content (AvgIpc) is 2.40. The van der Waals surface area contributed by atoms with Crippen LogP contribution in [0, 0.1) is 0 Å². The second-order valence-electron chi connectivity index (χ2n) is 4.71. The first kappa shape index (κ1) is 14.0. The fourth-order valence-electron chi connectivity index (χ4n) is 2.21. The van der Waals surface area contributed by atoms with Crippen LogP contribution >= 0.6 is 0 Å². The van der Waals surface area contributed by atoms with Gasteiger partial charge in [0, 0.05) is 32.8 Å². The lowest BCUT2D eigenvalue weighted by Crippen LogP contribution is -2.36. The monoisotopic (exact) mass is 266 g/mol. The highest BCUT2D eigenvalue weighted by atomic mass is 16.5. The van der Waals surface area contributed by atoms with E-state index < -0.39 is 0 Å². The predicted molar refractivity (Wildman–Crippen MR) is 74.4 cm³/mol. The maximum atomic E-state index is 9.56. The first-order valence-electron chi connectivity index (χ1n) is 6.76. The summed E-state index contributed by atoms with van der Waals surface area (Å²) in [6, 6.07) is 1.96. The van der Waals surface area contributed by atoms with Crippen LogP contribution in [-0.4, -0.2) is 47.9 Å². The van der Waals surface area contributed by atoms with E-state index in [2.05, 4.69) is 20.2 Å². The normalized spacial score (nSPS) is 16.7. The van der Waals surface area contributed by atoms with Crippen LogP contribution < -0.4 is 10.2 Å². The molecule has 0 atom stereocenters. The van der Waals surface area contributed by atoms with Gasteiger partial charge in [0.15, 0.2) is 5.82 Å². The highest BCUT2D eigenvalue weighted by Crippen LogP contribution is 2.20. The molecule has 2 rings (SSSR count). The molecule has 6 heteroatoms. The third-order valence-corrected chi connectivity index (χ3v) is 3.18. The third kappa shape index (κ3) is 3.78. The molecular formula is C13H22N4O2. The predicted octanol–water partition coefficient (Wildman–Crippen LogP) is 1.02. The molecule has 0 unspecified atom stereocenters. The summed E-state index contributed by atoms with van der Waals surface area (Å²) in [7, 11) is 1.64. The van der Waals surface area contributed by atoms with E-state index in [-0.39, 0.29) is 6.10 Å². The number of piperidine rings is 1. The van der Waals surface area contributed by atoms with Crippen molar-refractivity contribution in [1.82, 2.24) is 9.97 Å². The van der Waals surface area contributed by atoms with Crippen LogP contribution in [0.25, 0.3) is 0 Å². The Kier molecular flexibility index (Phi) is 4.93. The fraction of sp³-hybridized carbons (Fsp3) is 0.692. The minimum atomic E-state index is -0.176. The topological polar surface area (TPSA) is 70.5 Å². The van der Waals surface area contributed by atoms with Gasteiger partial charge in [-0.3, -0.25) is 0 Å². The van der Waals surface area contributed by atoms with Crippen LogP contribution in [0.5, 0.6) is 0 Å². The number of hydrogen-bond donors (Lipinski definition) is 2. The van der Waals surface area contributed by atoms with Crippen LogP contribution in [0.1, 0.15) is 25.6 Å². The fourth-order valence-corrected chi connectivity index (χ4v) is 2.21. The van der Waals surface area contributed by atoms with Crippen molar-refractivity contribution in [3.63, 3.8) is 0 Å².